The first-order valence-corrected chi connectivity index (χ1v) is 9.59. The Hall–Kier alpha value is -1.96. The summed E-state index contributed by atoms with van der Waals surface area (Å²) in [6.45, 7) is 5.92. The van der Waals surface area contributed by atoms with Crippen molar-refractivity contribution in [1.29, 1.82) is 0 Å². The molecule has 1 aromatic carbocycles. The van der Waals surface area contributed by atoms with Crippen molar-refractivity contribution in [2.24, 2.45) is 5.92 Å². The molecule has 1 aliphatic heterocycles. The third-order valence-electron chi connectivity index (χ3n) is 5.07. The number of aliphatic carboxylic acids is 1. The molecular weight excluding hydrogens is 346 g/mol. The second-order valence-electron chi connectivity index (χ2n) is 7.03. The number of piperazine rings is 1. The molecular formula is C20H31N3O4. The van der Waals surface area contributed by atoms with Crippen LogP contribution < -0.4 is 15.5 Å². The first kappa shape index (κ1) is 21.3. The molecule has 0 saturated carbocycles. The molecule has 1 saturated heterocycles. The van der Waals surface area contributed by atoms with E-state index in [4.69, 9.17) is 9.84 Å². The molecule has 3 atom stereocenters. The molecule has 1 aliphatic rings. The zero-order valence-electron chi connectivity index (χ0n) is 16.4. The molecule has 0 aliphatic carbocycles. The Morgan fingerprint density at radius 2 is 2.15 bits per heavy atom. The van der Waals surface area contributed by atoms with Crippen LogP contribution in [0.25, 0.3) is 0 Å². The smallest absolute Gasteiger partial charge is 0.306 e. The number of nitrogens with one attached hydrogen (secondary N) is 2. The van der Waals surface area contributed by atoms with Gasteiger partial charge >= 0.3 is 5.97 Å². The fraction of sp³-hybridized carbons (Fsp3) is 0.600. The number of hydrazine groups is 1. The fourth-order valence-corrected chi connectivity index (χ4v) is 3.30. The van der Waals surface area contributed by atoms with E-state index in [2.05, 4.69) is 21.8 Å². The Kier molecular flexibility index (Phi) is 8.22. The van der Waals surface area contributed by atoms with Gasteiger partial charge < -0.3 is 15.2 Å². The topological polar surface area (TPSA) is 90.9 Å². The minimum atomic E-state index is -0.856. The number of hydrogen-bond acceptors (Lipinski definition) is 6. The minimum Gasteiger partial charge on any atom is -0.496 e. The Bertz CT molecular complexity index is 637. The predicted molar refractivity (Wildman–Crippen MR) is 104 cm³/mol. The predicted octanol–water partition coefficient (Wildman–Crippen LogP) is 1.99. The summed E-state index contributed by atoms with van der Waals surface area (Å²) in [5.41, 5.74) is 4.45. The van der Waals surface area contributed by atoms with Crippen LogP contribution >= 0.6 is 0 Å². The SMILES string of the molecule is CCC(NN1CCNC(c2ccccc2OC)C1)C(=O)CCC(C)C(=O)O. The van der Waals surface area contributed by atoms with Gasteiger partial charge in [0.1, 0.15) is 5.75 Å². The van der Waals surface area contributed by atoms with E-state index in [9.17, 15) is 9.59 Å². The maximum atomic E-state index is 12.5. The van der Waals surface area contributed by atoms with Crippen LogP contribution in [0.3, 0.4) is 0 Å². The minimum absolute atomic E-state index is 0.0676. The zero-order valence-corrected chi connectivity index (χ0v) is 16.4. The van der Waals surface area contributed by atoms with Crippen molar-refractivity contribution in [2.75, 3.05) is 26.7 Å². The summed E-state index contributed by atoms with van der Waals surface area (Å²) in [5, 5.41) is 14.6. The van der Waals surface area contributed by atoms with Crippen molar-refractivity contribution in [3.05, 3.63) is 29.8 Å². The van der Waals surface area contributed by atoms with Gasteiger partial charge in [-0.05, 0) is 18.9 Å². The van der Waals surface area contributed by atoms with E-state index in [1.165, 1.54) is 0 Å². The summed E-state index contributed by atoms with van der Waals surface area (Å²) in [7, 11) is 1.67. The highest BCUT2D eigenvalue weighted by Crippen LogP contribution is 2.26. The van der Waals surface area contributed by atoms with Crippen molar-refractivity contribution in [3.8, 4) is 5.75 Å². The van der Waals surface area contributed by atoms with E-state index >= 15 is 0 Å². The van der Waals surface area contributed by atoms with Crippen molar-refractivity contribution in [3.63, 3.8) is 0 Å². The number of Topliss-reactive ketones (excluding diaryl/α,β-unsaturated/α-hetero) is 1. The lowest BCUT2D eigenvalue weighted by Gasteiger charge is -2.36. The highest BCUT2D eigenvalue weighted by Gasteiger charge is 2.26. The molecule has 1 aromatic rings. The lowest BCUT2D eigenvalue weighted by atomic mass is 9.99. The fourth-order valence-electron chi connectivity index (χ4n) is 3.30. The first-order chi connectivity index (χ1) is 13.0. The average Bonchev–Trinajstić information content (AvgIpc) is 2.69. The monoisotopic (exact) mass is 377 g/mol. The second-order valence-corrected chi connectivity index (χ2v) is 7.03. The highest BCUT2D eigenvalue weighted by molar-refractivity contribution is 5.84. The van der Waals surface area contributed by atoms with Gasteiger partial charge in [0.25, 0.3) is 0 Å². The number of nitrogens with zero attached hydrogens (tertiary/aromatic N) is 1. The number of carboxylic acid groups (broad SMARTS) is 1. The van der Waals surface area contributed by atoms with Crippen molar-refractivity contribution < 1.29 is 19.4 Å². The summed E-state index contributed by atoms with van der Waals surface area (Å²) < 4.78 is 5.47. The number of carbonyl (C=O) groups is 2. The molecule has 7 nitrogen and oxygen atoms in total. The quantitative estimate of drug-likeness (QED) is 0.574. The number of hydrogen-bond donors (Lipinski definition) is 3. The second kappa shape index (κ2) is 10.4. The summed E-state index contributed by atoms with van der Waals surface area (Å²) >= 11 is 0. The van der Waals surface area contributed by atoms with E-state index in [0.717, 1.165) is 30.9 Å². The van der Waals surface area contributed by atoms with Gasteiger partial charge in [-0.1, -0.05) is 32.0 Å². The van der Waals surface area contributed by atoms with Gasteiger partial charge in [-0.15, -0.1) is 0 Å². The molecule has 1 heterocycles. The van der Waals surface area contributed by atoms with Gasteiger partial charge in [-0.2, -0.15) is 0 Å². The number of ketones is 1. The summed E-state index contributed by atoms with van der Waals surface area (Å²) in [6, 6.07) is 7.77. The number of carboxylic acids is 1. The Balaban J connectivity index is 1.94. The van der Waals surface area contributed by atoms with E-state index in [1.54, 1.807) is 14.0 Å². The number of rotatable bonds is 10. The molecule has 3 unspecified atom stereocenters. The molecule has 7 heteroatoms. The Labute approximate surface area is 161 Å². The van der Waals surface area contributed by atoms with Crippen LogP contribution in [-0.4, -0.2) is 54.7 Å². The van der Waals surface area contributed by atoms with Gasteiger partial charge in [0.2, 0.25) is 0 Å². The number of ether oxygens (including phenoxy) is 1. The van der Waals surface area contributed by atoms with E-state index in [0.29, 0.717) is 12.8 Å². The zero-order chi connectivity index (χ0) is 19.8. The van der Waals surface area contributed by atoms with Crippen LogP contribution in [0.15, 0.2) is 24.3 Å². The average molecular weight is 377 g/mol. The summed E-state index contributed by atoms with van der Waals surface area (Å²) in [5.74, 6) is -0.438. The molecule has 0 spiro atoms. The lowest BCUT2D eigenvalue weighted by Crippen LogP contribution is -2.56. The molecule has 0 bridgehead atoms. The first-order valence-electron chi connectivity index (χ1n) is 9.59. The van der Waals surface area contributed by atoms with E-state index in [1.807, 2.05) is 25.1 Å². The van der Waals surface area contributed by atoms with Crippen LogP contribution in [0.1, 0.15) is 44.7 Å². The van der Waals surface area contributed by atoms with Crippen LogP contribution in [0.5, 0.6) is 5.75 Å². The Morgan fingerprint density at radius 1 is 1.41 bits per heavy atom. The van der Waals surface area contributed by atoms with E-state index in [-0.39, 0.29) is 24.3 Å². The van der Waals surface area contributed by atoms with Gasteiger partial charge in [-0.25, -0.2) is 10.4 Å². The maximum Gasteiger partial charge on any atom is 0.306 e. The normalized spacial score (nSPS) is 20.0. The van der Waals surface area contributed by atoms with Gasteiger partial charge in [0, 0.05) is 31.6 Å². The molecule has 0 aromatic heterocycles. The standard InChI is InChI=1S/C20H31N3O4/c1-4-16(18(24)10-9-14(2)20(25)26)22-23-12-11-21-17(13-23)15-7-5-6-8-19(15)27-3/h5-8,14,16-17,21-22H,4,9-13H2,1-3H3,(H,25,26). The van der Waals surface area contributed by atoms with Crippen LogP contribution in [0, 0.1) is 5.92 Å². The van der Waals surface area contributed by atoms with E-state index < -0.39 is 11.9 Å². The third kappa shape index (κ3) is 6.02. The van der Waals surface area contributed by atoms with Crippen molar-refractivity contribution >= 4 is 11.8 Å². The largest absolute Gasteiger partial charge is 0.496 e. The third-order valence-corrected chi connectivity index (χ3v) is 5.07. The molecule has 2 rings (SSSR count). The molecule has 1 fully saturated rings. The molecule has 27 heavy (non-hydrogen) atoms. The number of para-hydroxylation sites is 1. The molecule has 0 amide bonds. The van der Waals surface area contributed by atoms with Gasteiger partial charge in [-0.3, -0.25) is 9.59 Å². The lowest BCUT2D eigenvalue weighted by molar-refractivity contribution is -0.141. The van der Waals surface area contributed by atoms with Crippen LogP contribution in [-0.2, 0) is 9.59 Å². The van der Waals surface area contributed by atoms with Crippen molar-refractivity contribution in [2.45, 2.75) is 45.2 Å². The summed E-state index contributed by atoms with van der Waals surface area (Å²) in [6.07, 6.45) is 1.32. The molecule has 150 valence electrons. The number of methoxy groups -OCH3 is 1. The maximum absolute atomic E-state index is 12.5. The highest BCUT2D eigenvalue weighted by atomic mass is 16.5. The molecule has 3 N–H and O–H groups in total. The van der Waals surface area contributed by atoms with Crippen LogP contribution in [0.4, 0.5) is 0 Å². The van der Waals surface area contributed by atoms with Gasteiger partial charge in [0.05, 0.1) is 25.1 Å². The summed E-state index contributed by atoms with van der Waals surface area (Å²) in [4.78, 5) is 23.4. The number of benzene rings is 1. The molecule has 0 radical (unpaired) electrons. The van der Waals surface area contributed by atoms with Crippen LogP contribution in [0.2, 0.25) is 0 Å². The number of carbonyl (C=O) groups excluding carboxylic acids is 1. The van der Waals surface area contributed by atoms with Crippen molar-refractivity contribution in [1.82, 2.24) is 15.8 Å². The van der Waals surface area contributed by atoms with Gasteiger partial charge in [0.15, 0.2) is 5.78 Å². The Morgan fingerprint density at radius 3 is 2.81 bits per heavy atom.